The Labute approximate surface area is 199 Å². The number of hydrogen-bond acceptors (Lipinski definition) is 0. The van der Waals surface area contributed by atoms with Crippen molar-refractivity contribution in [2.24, 2.45) is 0 Å². The van der Waals surface area contributed by atoms with Gasteiger partial charge in [0.2, 0.25) is 0 Å². The summed E-state index contributed by atoms with van der Waals surface area (Å²) in [5.74, 6) is 0. The monoisotopic (exact) mass is 432 g/mol. The van der Waals surface area contributed by atoms with E-state index in [0.29, 0.717) is 0 Å². The largest absolute Gasteiger partial charge is 0.0836 e. The van der Waals surface area contributed by atoms with Crippen LogP contribution >= 0.6 is 0 Å². The van der Waals surface area contributed by atoms with Crippen LogP contribution in [0.15, 0.2) is 115 Å². The summed E-state index contributed by atoms with van der Waals surface area (Å²) in [6.07, 6.45) is 6.83. The van der Waals surface area contributed by atoms with E-state index in [1.54, 1.807) is 0 Å². The molecular formula is C34H24. The highest BCUT2D eigenvalue weighted by molar-refractivity contribution is 6.11. The van der Waals surface area contributed by atoms with Crippen LogP contribution in [0.4, 0.5) is 0 Å². The summed E-state index contributed by atoms with van der Waals surface area (Å²) in [7, 11) is 0. The minimum atomic E-state index is 1.07. The average molecular weight is 433 g/mol. The first-order valence-corrected chi connectivity index (χ1v) is 12.1. The minimum absolute atomic E-state index is 1.07. The zero-order valence-electron chi connectivity index (χ0n) is 19.0. The van der Waals surface area contributed by atoms with Crippen molar-refractivity contribution < 1.29 is 0 Å². The molecule has 0 fully saturated rings. The topological polar surface area (TPSA) is 0 Å². The maximum atomic E-state index is 2.38. The molecule has 7 rings (SSSR count). The van der Waals surface area contributed by atoms with E-state index in [9.17, 15) is 0 Å². The van der Waals surface area contributed by atoms with Gasteiger partial charge in [-0.3, -0.25) is 0 Å². The highest BCUT2D eigenvalue weighted by Gasteiger charge is 2.22. The summed E-state index contributed by atoms with van der Waals surface area (Å²) in [5, 5.41) is 7.81. The molecule has 0 saturated heterocycles. The third-order valence-electron chi connectivity index (χ3n) is 7.29. The van der Waals surface area contributed by atoms with Crippen molar-refractivity contribution in [2.75, 3.05) is 0 Å². The van der Waals surface area contributed by atoms with Gasteiger partial charge in [0.15, 0.2) is 0 Å². The predicted octanol–water partition coefficient (Wildman–Crippen LogP) is 9.44. The molecule has 160 valence electrons. The third kappa shape index (κ3) is 2.99. The summed E-state index contributed by atoms with van der Waals surface area (Å²) in [4.78, 5) is 0. The molecular weight excluding hydrogens is 408 g/mol. The fourth-order valence-electron chi connectivity index (χ4n) is 5.71. The van der Waals surface area contributed by atoms with Crippen molar-refractivity contribution in [2.45, 2.75) is 12.8 Å². The Morgan fingerprint density at radius 2 is 1.03 bits per heavy atom. The average Bonchev–Trinajstić information content (AvgIpc) is 2.92. The van der Waals surface area contributed by atoms with Crippen LogP contribution in [0.5, 0.6) is 0 Å². The summed E-state index contributed by atoms with van der Waals surface area (Å²) >= 11 is 0. The standard InChI is InChI=1S/C34H24/c1-3-11-25-21-27(19-17-23(25)9-1)33-31-15-7-5-13-29(31)30-14-6-8-16-32(30)34(33)28-20-18-24-10-2-4-12-26(24)22-28/h1-7,9-15,17-22H,8,16H2. The van der Waals surface area contributed by atoms with Gasteiger partial charge in [0.1, 0.15) is 0 Å². The molecule has 0 radical (unpaired) electrons. The molecule has 6 aromatic carbocycles. The first-order valence-electron chi connectivity index (χ1n) is 12.1. The van der Waals surface area contributed by atoms with Crippen molar-refractivity contribution in [1.82, 2.24) is 0 Å². The van der Waals surface area contributed by atoms with Crippen molar-refractivity contribution in [3.8, 4) is 22.3 Å². The molecule has 1 aliphatic carbocycles. The van der Waals surface area contributed by atoms with E-state index in [2.05, 4.69) is 121 Å². The Balaban J connectivity index is 1.63. The number of benzene rings is 6. The van der Waals surface area contributed by atoms with E-state index in [1.165, 1.54) is 65.7 Å². The zero-order valence-corrected chi connectivity index (χ0v) is 19.0. The molecule has 1 aliphatic rings. The van der Waals surface area contributed by atoms with Crippen LogP contribution in [0.3, 0.4) is 0 Å². The van der Waals surface area contributed by atoms with Gasteiger partial charge < -0.3 is 0 Å². The summed E-state index contributed by atoms with van der Waals surface area (Å²) in [6.45, 7) is 0. The maximum Gasteiger partial charge on any atom is -0.00234 e. The highest BCUT2D eigenvalue weighted by atomic mass is 14.2. The van der Waals surface area contributed by atoms with E-state index >= 15 is 0 Å². The Morgan fingerprint density at radius 1 is 0.471 bits per heavy atom. The molecule has 0 heteroatoms. The Kier molecular flexibility index (Phi) is 4.38. The van der Waals surface area contributed by atoms with Crippen molar-refractivity contribution in [3.05, 3.63) is 126 Å². The van der Waals surface area contributed by atoms with Crippen LogP contribution in [-0.4, -0.2) is 0 Å². The quantitative estimate of drug-likeness (QED) is 0.256. The molecule has 0 aromatic heterocycles. The van der Waals surface area contributed by atoms with Crippen LogP contribution in [0, 0.1) is 0 Å². The van der Waals surface area contributed by atoms with Crippen LogP contribution in [0.2, 0.25) is 0 Å². The van der Waals surface area contributed by atoms with Crippen molar-refractivity contribution in [3.63, 3.8) is 0 Å². The summed E-state index contributed by atoms with van der Waals surface area (Å²) in [6, 6.07) is 40.2. The van der Waals surface area contributed by atoms with E-state index in [4.69, 9.17) is 0 Å². The van der Waals surface area contributed by atoms with E-state index in [1.807, 2.05) is 0 Å². The fraction of sp³-hybridized carbons (Fsp3) is 0.0588. The summed E-state index contributed by atoms with van der Waals surface area (Å²) in [5.41, 5.74) is 8.19. The minimum Gasteiger partial charge on any atom is -0.0836 e. The van der Waals surface area contributed by atoms with Crippen molar-refractivity contribution >= 4 is 38.4 Å². The molecule has 0 spiro atoms. The molecule has 0 atom stereocenters. The molecule has 0 aliphatic heterocycles. The highest BCUT2D eigenvalue weighted by Crippen LogP contribution is 2.46. The molecule has 0 amide bonds. The molecule has 0 nitrogen and oxygen atoms in total. The second-order valence-electron chi connectivity index (χ2n) is 9.25. The smallest absolute Gasteiger partial charge is 0.00234 e. The Morgan fingerprint density at radius 3 is 1.71 bits per heavy atom. The van der Waals surface area contributed by atoms with Gasteiger partial charge in [0, 0.05) is 0 Å². The molecule has 0 heterocycles. The second-order valence-corrected chi connectivity index (χ2v) is 9.25. The van der Waals surface area contributed by atoms with Gasteiger partial charge in [-0.05, 0) is 90.7 Å². The molecule has 34 heavy (non-hydrogen) atoms. The number of rotatable bonds is 2. The lowest BCUT2D eigenvalue weighted by Crippen LogP contribution is -2.02. The van der Waals surface area contributed by atoms with Crippen LogP contribution in [-0.2, 0) is 6.42 Å². The van der Waals surface area contributed by atoms with E-state index < -0.39 is 0 Å². The summed E-state index contributed by atoms with van der Waals surface area (Å²) < 4.78 is 0. The molecule has 0 N–H and O–H groups in total. The second kappa shape index (κ2) is 7.71. The number of hydrogen-bond donors (Lipinski definition) is 0. The van der Waals surface area contributed by atoms with Gasteiger partial charge in [-0.1, -0.05) is 109 Å². The van der Waals surface area contributed by atoms with Gasteiger partial charge in [-0.25, -0.2) is 0 Å². The van der Waals surface area contributed by atoms with Gasteiger partial charge in [0.05, 0.1) is 0 Å². The van der Waals surface area contributed by atoms with Gasteiger partial charge in [0.25, 0.3) is 0 Å². The lowest BCUT2D eigenvalue weighted by Gasteiger charge is -2.24. The predicted molar refractivity (Wildman–Crippen MR) is 147 cm³/mol. The number of allylic oxidation sites excluding steroid dienone is 1. The maximum absolute atomic E-state index is 2.38. The lowest BCUT2D eigenvalue weighted by molar-refractivity contribution is 0.992. The SMILES string of the molecule is C1=Cc2c(c(-c3ccc4ccccc4c3)c(-c3ccc4ccccc4c3)c3ccccc23)CC1. The van der Waals surface area contributed by atoms with Gasteiger partial charge in [-0.2, -0.15) is 0 Å². The molecule has 0 unspecified atom stereocenters. The Bertz CT molecular complexity index is 1750. The first-order chi connectivity index (χ1) is 16.9. The van der Waals surface area contributed by atoms with Crippen molar-refractivity contribution in [1.29, 1.82) is 0 Å². The lowest BCUT2D eigenvalue weighted by atomic mass is 9.79. The normalized spacial score (nSPS) is 12.9. The number of fused-ring (bicyclic) bond motifs is 5. The first kappa shape index (κ1) is 19.3. The Hall–Kier alpha value is -4.16. The van der Waals surface area contributed by atoms with Gasteiger partial charge in [-0.15, -0.1) is 0 Å². The van der Waals surface area contributed by atoms with Crippen LogP contribution in [0.1, 0.15) is 17.5 Å². The van der Waals surface area contributed by atoms with E-state index in [0.717, 1.165) is 12.8 Å². The third-order valence-corrected chi connectivity index (χ3v) is 7.29. The van der Waals surface area contributed by atoms with E-state index in [-0.39, 0.29) is 0 Å². The molecule has 6 aromatic rings. The van der Waals surface area contributed by atoms with Crippen LogP contribution in [0.25, 0.3) is 60.6 Å². The molecule has 0 bridgehead atoms. The molecule has 0 saturated carbocycles. The van der Waals surface area contributed by atoms with Crippen LogP contribution < -0.4 is 0 Å². The zero-order chi connectivity index (χ0) is 22.5. The fourth-order valence-corrected chi connectivity index (χ4v) is 5.71. The van der Waals surface area contributed by atoms with Gasteiger partial charge >= 0.3 is 0 Å².